The lowest BCUT2D eigenvalue weighted by atomic mass is 10.3. The average molecular weight is 379 g/mol. The number of nitrogens with zero attached hydrogens (tertiary/aromatic N) is 2. The van der Waals surface area contributed by atoms with Gasteiger partial charge in [-0.05, 0) is 29.6 Å². The van der Waals surface area contributed by atoms with E-state index in [-0.39, 0.29) is 10.8 Å². The van der Waals surface area contributed by atoms with Gasteiger partial charge < -0.3 is 4.57 Å². The zero-order valence-electron chi connectivity index (χ0n) is 12.4. The van der Waals surface area contributed by atoms with E-state index in [0.29, 0.717) is 20.9 Å². The van der Waals surface area contributed by atoms with Gasteiger partial charge in [0.15, 0.2) is 4.80 Å². The van der Waals surface area contributed by atoms with Crippen LogP contribution in [0.5, 0.6) is 0 Å². The number of carbonyl (C=O) groups is 1. The highest BCUT2D eigenvalue weighted by molar-refractivity contribution is 7.89. The maximum atomic E-state index is 12.2. The van der Waals surface area contributed by atoms with Crippen LogP contribution in [0, 0.1) is 0 Å². The van der Waals surface area contributed by atoms with Gasteiger partial charge in [-0.25, -0.2) is 13.6 Å². The van der Waals surface area contributed by atoms with Gasteiger partial charge in [-0.2, -0.15) is 4.99 Å². The molecule has 0 spiro atoms. The Bertz CT molecular complexity index is 1090. The van der Waals surface area contributed by atoms with Gasteiger partial charge >= 0.3 is 0 Å². The predicted molar refractivity (Wildman–Crippen MR) is 95.6 cm³/mol. The molecule has 2 N–H and O–H groups in total. The van der Waals surface area contributed by atoms with Gasteiger partial charge in [0.05, 0.1) is 20.0 Å². The number of nitrogens with two attached hydrogens (primary N) is 1. The maximum absolute atomic E-state index is 12.2. The first-order chi connectivity index (χ1) is 11.4. The smallest absolute Gasteiger partial charge is 0.289 e. The molecule has 2 aromatic heterocycles. The number of primary sulfonamides is 1. The highest BCUT2D eigenvalue weighted by atomic mass is 32.2. The highest BCUT2D eigenvalue weighted by Crippen LogP contribution is 2.21. The molecule has 0 bridgehead atoms. The summed E-state index contributed by atoms with van der Waals surface area (Å²) in [6.45, 7) is 4.16. The maximum Gasteiger partial charge on any atom is 0.289 e. The molecule has 0 saturated heterocycles. The van der Waals surface area contributed by atoms with Crippen molar-refractivity contribution in [1.82, 2.24) is 4.57 Å². The minimum absolute atomic E-state index is 0.0261. The Labute approximate surface area is 146 Å². The summed E-state index contributed by atoms with van der Waals surface area (Å²) in [6.07, 6.45) is 1.69. The molecule has 1 amide bonds. The monoisotopic (exact) mass is 379 g/mol. The van der Waals surface area contributed by atoms with Crippen molar-refractivity contribution in [3.63, 3.8) is 0 Å². The summed E-state index contributed by atoms with van der Waals surface area (Å²) in [7, 11) is -3.79. The van der Waals surface area contributed by atoms with E-state index in [4.69, 9.17) is 5.14 Å². The van der Waals surface area contributed by atoms with E-state index in [1.54, 1.807) is 24.3 Å². The van der Waals surface area contributed by atoms with E-state index >= 15 is 0 Å². The number of hydrogen-bond acceptors (Lipinski definition) is 5. The topological polar surface area (TPSA) is 94.5 Å². The lowest BCUT2D eigenvalue weighted by molar-refractivity contribution is 0.100. The van der Waals surface area contributed by atoms with E-state index in [9.17, 15) is 13.2 Å². The highest BCUT2D eigenvalue weighted by Gasteiger charge is 2.13. The molecular weight excluding hydrogens is 366 g/mol. The summed E-state index contributed by atoms with van der Waals surface area (Å²) >= 11 is 2.55. The minimum atomic E-state index is -3.79. The Kier molecular flexibility index (Phi) is 4.50. The Balaban J connectivity index is 2.21. The molecule has 6 nitrogen and oxygen atoms in total. The summed E-state index contributed by atoms with van der Waals surface area (Å²) in [5, 5.41) is 6.98. The van der Waals surface area contributed by atoms with Gasteiger partial charge in [-0.15, -0.1) is 17.9 Å². The molecule has 0 aliphatic heterocycles. The van der Waals surface area contributed by atoms with Crippen LogP contribution < -0.4 is 9.94 Å². The van der Waals surface area contributed by atoms with Crippen LogP contribution in [0.2, 0.25) is 0 Å². The summed E-state index contributed by atoms with van der Waals surface area (Å²) in [6, 6.07) is 8.08. The molecule has 24 heavy (non-hydrogen) atoms. The molecule has 0 aliphatic rings. The number of thiophene rings is 1. The van der Waals surface area contributed by atoms with Crippen LogP contribution in [0.1, 0.15) is 9.67 Å². The van der Waals surface area contributed by atoms with Crippen molar-refractivity contribution in [1.29, 1.82) is 0 Å². The Hall–Kier alpha value is -2.07. The molecule has 2 heterocycles. The Morgan fingerprint density at radius 2 is 2.17 bits per heavy atom. The zero-order chi connectivity index (χ0) is 17.3. The molecular formula is C15H13N3O3S3. The lowest BCUT2D eigenvalue weighted by Crippen LogP contribution is -2.16. The van der Waals surface area contributed by atoms with Crippen molar-refractivity contribution < 1.29 is 13.2 Å². The van der Waals surface area contributed by atoms with Gasteiger partial charge in [0.25, 0.3) is 5.91 Å². The number of thiazole rings is 1. The van der Waals surface area contributed by atoms with E-state index < -0.39 is 10.0 Å². The second kappa shape index (κ2) is 6.44. The largest absolute Gasteiger partial charge is 0.312 e. The van der Waals surface area contributed by atoms with Gasteiger partial charge in [-0.1, -0.05) is 23.5 Å². The number of rotatable bonds is 4. The van der Waals surface area contributed by atoms with E-state index in [1.165, 1.54) is 34.8 Å². The molecule has 124 valence electrons. The minimum Gasteiger partial charge on any atom is -0.312 e. The van der Waals surface area contributed by atoms with Crippen LogP contribution in [-0.2, 0) is 16.6 Å². The normalized spacial score (nSPS) is 12.6. The number of benzene rings is 1. The Morgan fingerprint density at radius 1 is 1.38 bits per heavy atom. The summed E-state index contributed by atoms with van der Waals surface area (Å²) < 4.78 is 25.5. The molecule has 0 atom stereocenters. The number of aromatic nitrogens is 1. The fraction of sp³-hybridized carbons (Fsp3) is 0.0667. The molecule has 9 heteroatoms. The van der Waals surface area contributed by atoms with Gasteiger partial charge in [-0.3, -0.25) is 4.79 Å². The summed E-state index contributed by atoms with van der Waals surface area (Å²) in [5.74, 6) is -0.332. The number of amides is 1. The van der Waals surface area contributed by atoms with Crippen molar-refractivity contribution in [3.05, 3.63) is 58.0 Å². The quantitative estimate of drug-likeness (QED) is 0.705. The van der Waals surface area contributed by atoms with Crippen LogP contribution in [0.25, 0.3) is 10.2 Å². The van der Waals surface area contributed by atoms with Crippen LogP contribution in [0.4, 0.5) is 0 Å². The van der Waals surface area contributed by atoms with Crippen LogP contribution in [-0.4, -0.2) is 18.9 Å². The molecule has 1 aromatic carbocycles. The standard InChI is InChI=1S/C15H13N3O3S3/c1-2-7-18-11-6-5-10(24(16,20)21)9-13(11)23-15(18)17-14(19)12-4-3-8-22-12/h2-6,8-9H,1,7H2,(H2,16,20,21). The fourth-order valence-electron chi connectivity index (χ4n) is 2.16. The van der Waals surface area contributed by atoms with Crippen molar-refractivity contribution >= 4 is 48.8 Å². The van der Waals surface area contributed by atoms with E-state index in [2.05, 4.69) is 11.6 Å². The molecule has 0 fully saturated rings. The van der Waals surface area contributed by atoms with Gasteiger partial charge in [0.2, 0.25) is 10.0 Å². The molecule has 0 radical (unpaired) electrons. The summed E-state index contributed by atoms with van der Waals surface area (Å²) in [4.78, 5) is 17.5. The third kappa shape index (κ3) is 3.24. The number of sulfonamides is 1. The van der Waals surface area contributed by atoms with Crippen molar-refractivity contribution in [2.24, 2.45) is 10.1 Å². The molecule has 0 aliphatic carbocycles. The number of hydrogen-bond donors (Lipinski definition) is 1. The van der Waals surface area contributed by atoms with Crippen LogP contribution >= 0.6 is 22.7 Å². The molecule has 0 unspecified atom stereocenters. The summed E-state index contributed by atoms with van der Waals surface area (Å²) in [5.41, 5.74) is 0.769. The second-order valence-electron chi connectivity index (χ2n) is 4.85. The fourth-order valence-corrected chi connectivity index (χ4v) is 4.46. The zero-order valence-corrected chi connectivity index (χ0v) is 14.8. The molecule has 3 aromatic rings. The van der Waals surface area contributed by atoms with E-state index in [1.807, 2.05) is 9.95 Å². The second-order valence-corrected chi connectivity index (χ2v) is 8.37. The van der Waals surface area contributed by atoms with Crippen LogP contribution in [0.3, 0.4) is 0 Å². The number of allylic oxidation sites excluding steroid dienone is 1. The van der Waals surface area contributed by atoms with Crippen molar-refractivity contribution in [3.8, 4) is 0 Å². The first-order valence-corrected chi connectivity index (χ1v) is 10.0. The SMILES string of the molecule is C=CCn1c(=NC(=O)c2cccs2)sc2cc(S(N)(=O)=O)ccc21. The third-order valence-corrected chi connectivity index (χ3v) is 6.03. The number of fused-ring (bicyclic) bond motifs is 1. The van der Waals surface area contributed by atoms with E-state index in [0.717, 1.165) is 5.52 Å². The molecule has 3 rings (SSSR count). The predicted octanol–water partition coefficient (Wildman–Crippen LogP) is 2.34. The first-order valence-electron chi connectivity index (χ1n) is 6.80. The third-order valence-electron chi connectivity index (χ3n) is 3.22. The average Bonchev–Trinajstić information content (AvgIpc) is 3.15. The first kappa shape index (κ1) is 16.8. The van der Waals surface area contributed by atoms with Crippen LogP contribution in [0.15, 0.2) is 58.3 Å². The van der Waals surface area contributed by atoms with Crippen molar-refractivity contribution in [2.75, 3.05) is 0 Å². The Morgan fingerprint density at radius 3 is 2.79 bits per heavy atom. The molecule has 0 saturated carbocycles. The van der Waals surface area contributed by atoms with Crippen molar-refractivity contribution in [2.45, 2.75) is 11.4 Å². The number of carbonyl (C=O) groups excluding carboxylic acids is 1. The lowest BCUT2D eigenvalue weighted by Gasteiger charge is -2.02. The van der Waals surface area contributed by atoms with Gasteiger partial charge in [0.1, 0.15) is 0 Å². The van der Waals surface area contributed by atoms with Gasteiger partial charge in [0, 0.05) is 6.54 Å².